The van der Waals surface area contributed by atoms with E-state index in [1.807, 2.05) is 63.2 Å². The highest BCUT2D eigenvalue weighted by molar-refractivity contribution is 5.77. The van der Waals surface area contributed by atoms with Crippen LogP contribution >= 0.6 is 0 Å². The number of fused-ring (bicyclic) bond motifs is 1. The van der Waals surface area contributed by atoms with Gasteiger partial charge in [-0.05, 0) is 44.0 Å². The van der Waals surface area contributed by atoms with Crippen LogP contribution in [0.4, 0.5) is 0 Å². The summed E-state index contributed by atoms with van der Waals surface area (Å²) in [5, 5.41) is 1.33. The maximum absolute atomic E-state index is 12.5. The predicted molar refractivity (Wildman–Crippen MR) is 97.5 cm³/mol. The Balaban J connectivity index is 1.60. The van der Waals surface area contributed by atoms with Gasteiger partial charge in [-0.25, -0.2) is 5.06 Å². The highest BCUT2D eigenvalue weighted by Gasteiger charge is 2.20. The van der Waals surface area contributed by atoms with E-state index in [1.54, 1.807) is 6.07 Å². The Bertz CT molecular complexity index is 855. The number of aromatic nitrogens is 1. The standard InChI is InChI=1S/C20H22N2O4/c1-14(2)22(25-12-16-9-5-4-8-15(16)3)19(23)13-24-20-21-17-10-6-7-11-18(17)26-20/h4-11,14H,12-13H2,1-3H3. The summed E-state index contributed by atoms with van der Waals surface area (Å²) in [7, 11) is 0. The molecule has 6 nitrogen and oxygen atoms in total. The number of nitrogens with zero attached hydrogens (tertiary/aromatic N) is 2. The van der Waals surface area contributed by atoms with Gasteiger partial charge in [-0.2, -0.15) is 4.98 Å². The number of ether oxygens (including phenoxy) is 1. The third-order valence-corrected chi connectivity index (χ3v) is 3.93. The smallest absolute Gasteiger partial charge is 0.395 e. The van der Waals surface area contributed by atoms with Crippen molar-refractivity contribution in [2.24, 2.45) is 0 Å². The fraction of sp³-hybridized carbons (Fsp3) is 0.300. The van der Waals surface area contributed by atoms with Crippen molar-refractivity contribution in [2.75, 3.05) is 6.61 Å². The van der Waals surface area contributed by atoms with E-state index in [4.69, 9.17) is 14.0 Å². The molecule has 0 N–H and O–H groups in total. The van der Waals surface area contributed by atoms with Crippen LogP contribution in [0.5, 0.6) is 6.08 Å². The molecular weight excluding hydrogens is 332 g/mol. The summed E-state index contributed by atoms with van der Waals surface area (Å²) in [5.41, 5.74) is 3.45. The Hall–Kier alpha value is -2.86. The maximum Gasteiger partial charge on any atom is 0.395 e. The summed E-state index contributed by atoms with van der Waals surface area (Å²) in [6.07, 6.45) is 0.0714. The molecule has 0 fully saturated rings. The van der Waals surface area contributed by atoms with Crippen LogP contribution in [-0.2, 0) is 16.2 Å². The molecular formula is C20H22N2O4. The molecule has 1 amide bonds. The Morgan fingerprint density at radius 1 is 1.15 bits per heavy atom. The Morgan fingerprint density at radius 3 is 2.62 bits per heavy atom. The summed E-state index contributed by atoms with van der Waals surface area (Å²) < 4.78 is 10.9. The number of oxazole rings is 1. The third-order valence-electron chi connectivity index (χ3n) is 3.93. The van der Waals surface area contributed by atoms with Crippen LogP contribution in [-0.4, -0.2) is 28.6 Å². The first-order valence-corrected chi connectivity index (χ1v) is 8.52. The van der Waals surface area contributed by atoms with Gasteiger partial charge in [0, 0.05) is 0 Å². The van der Waals surface area contributed by atoms with Crippen LogP contribution in [0.25, 0.3) is 11.1 Å². The fourth-order valence-corrected chi connectivity index (χ4v) is 2.52. The largest absolute Gasteiger partial charge is 0.440 e. The van der Waals surface area contributed by atoms with Gasteiger partial charge in [0.15, 0.2) is 12.2 Å². The van der Waals surface area contributed by atoms with Crippen LogP contribution in [0.15, 0.2) is 52.9 Å². The van der Waals surface area contributed by atoms with Crippen molar-refractivity contribution < 1.29 is 18.8 Å². The van der Waals surface area contributed by atoms with Gasteiger partial charge in [0.05, 0.1) is 6.04 Å². The van der Waals surface area contributed by atoms with Gasteiger partial charge in [0.2, 0.25) is 0 Å². The molecule has 0 radical (unpaired) electrons. The molecule has 0 saturated carbocycles. The molecule has 0 saturated heterocycles. The molecule has 26 heavy (non-hydrogen) atoms. The molecule has 0 aliphatic heterocycles. The van der Waals surface area contributed by atoms with E-state index in [9.17, 15) is 4.79 Å². The minimum absolute atomic E-state index is 0.0714. The number of benzene rings is 2. The van der Waals surface area contributed by atoms with Gasteiger partial charge in [-0.15, -0.1) is 0 Å². The topological polar surface area (TPSA) is 64.8 Å². The molecule has 1 heterocycles. The van der Waals surface area contributed by atoms with E-state index in [0.29, 0.717) is 17.7 Å². The molecule has 0 unspecified atom stereocenters. The van der Waals surface area contributed by atoms with E-state index in [-0.39, 0.29) is 24.6 Å². The number of carbonyl (C=O) groups excluding carboxylic acids is 1. The van der Waals surface area contributed by atoms with Gasteiger partial charge in [0.25, 0.3) is 5.91 Å². The molecule has 0 aliphatic rings. The number of rotatable bonds is 7. The number of hydroxylamine groups is 2. The van der Waals surface area contributed by atoms with Gasteiger partial charge < -0.3 is 9.15 Å². The number of hydrogen-bond donors (Lipinski definition) is 0. The Kier molecular flexibility index (Phi) is 5.53. The Labute approximate surface area is 152 Å². The number of carbonyl (C=O) groups is 1. The van der Waals surface area contributed by atoms with Crippen LogP contribution in [0.2, 0.25) is 0 Å². The van der Waals surface area contributed by atoms with E-state index in [0.717, 1.165) is 11.1 Å². The summed E-state index contributed by atoms with van der Waals surface area (Å²) in [6.45, 7) is 5.89. The second kappa shape index (κ2) is 8.01. The molecule has 3 rings (SSSR count). The van der Waals surface area contributed by atoms with Crippen molar-refractivity contribution in [3.8, 4) is 6.08 Å². The quantitative estimate of drug-likeness (QED) is 0.602. The van der Waals surface area contributed by atoms with E-state index in [2.05, 4.69) is 4.98 Å². The fourth-order valence-electron chi connectivity index (χ4n) is 2.52. The van der Waals surface area contributed by atoms with Crippen LogP contribution < -0.4 is 4.74 Å². The summed E-state index contributed by atoms with van der Waals surface area (Å²) in [5.74, 6) is -0.296. The van der Waals surface area contributed by atoms with Gasteiger partial charge in [-0.1, -0.05) is 36.4 Å². The average Bonchev–Trinajstić information content (AvgIpc) is 3.04. The first-order valence-electron chi connectivity index (χ1n) is 8.52. The monoisotopic (exact) mass is 354 g/mol. The second-order valence-corrected chi connectivity index (χ2v) is 6.25. The maximum atomic E-state index is 12.5. The lowest BCUT2D eigenvalue weighted by Crippen LogP contribution is -2.39. The van der Waals surface area contributed by atoms with Gasteiger partial charge >= 0.3 is 6.08 Å². The molecule has 0 atom stereocenters. The van der Waals surface area contributed by atoms with Gasteiger partial charge in [0.1, 0.15) is 12.1 Å². The lowest BCUT2D eigenvalue weighted by Gasteiger charge is -2.25. The zero-order valence-electron chi connectivity index (χ0n) is 15.1. The first kappa shape index (κ1) is 17.9. The van der Waals surface area contributed by atoms with Crippen LogP contribution in [0.3, 0.4) is 0 Å². The molecule has 136 valence electrons. The minimum Gasteiger partial charge on any atom is -0.440 e. The normalized spacial score (nSPS) is 11.1. The lowest BCUT2D eigenvalue weighted by molar-refractivity contribution is -0.204. The van der Waals surface area contributed by atoms with Crippen LogP contribution in [0.1, 0.15) is 25.0 Å². The predicted octanol–water partition coefficient (Wildman–Crippen LogP) is 3.88. The zero-order valence-corrected chi connectivity index (χ0v) is 15.1. The highest BCUT2D eigenvalue weighted by atomic mass is 16.7. The van der Waals surface area contributed by atoms with Crippen molar-refractivity contribution in [1.29, 1.82) is 0 Å². The summed E-state index contributed by atoms with van der Waals surface area (Å²) >= 11 is 0. The molecule has 0 bridgehead atoms. The molecule has 1 aromatic heterocycles. The number of para-hydroxylation sites is 2. The molecule has 0 aliphatic carbocycles. The van der Waals surface area contributed by atoms with E-state index >= 15 is 0 Å². The molecule has 0 spiro atoms. The van der Waals surface area contributed by atoms with Crippen molar-refractivity contribution in [3.05, 3.63) is 59.7 Å². The number of amides is 1. The van der Waals surface area contributed by atoms with E-state index < -0.39 is 0 Å². The van der Waals surface area contributed by atoms with Crippen molar-refractivity contribution in [3.63, 3.8) is 0 Å². The molecule has 6 heteroatoms. The minimum atomic E-state index is -0.296. The van der Waals surface area contributed by atoms with Crippen molar-refractivity contribution >= 4 is 17.0 Å². The summed E-state index contributed by atoms with van der Waals surface area (Å²) in [6, 6.07) is 15.1. The number of hydrogen-bond acceptors (Lipinski definition) is 5. The SMILES string of the molecule is Cc1ccccc1CON(C(=O)COc1nc2ccccc2o1)C(C)C. The molecule has 2 aromatic carbocycles. The van der Waals surface area contributed by atoms with Crippen molar-refractivity contribution in [2.45, 2.75) is 33.4 Å². The highest BCUT2D eigenvalue weighted by Crippen LogP contribution is 2.20. The van der Waals surface area contributed by atoms with Crippen LogP contribution in [0, 0.1) is 6.92 Å². The van der Waals surface area contributed by atoms with Crippen molar-refractivity contribution in [1.82, 2.24) is 10.0 Å². The lowest BCUT2D eigenvalue weighted by atomic mass is 10.1. The number of aryl methyl sites for hydroxylation is 1. The first-order chi connectivity index (χ1) is 12.5. The van der Waals surface area contributed by atoms with E-state index in [1.165, 1.54) is 5.06 Å². The average molecular weight is 354 g/mol. The molecule has 3 aromatic rings. The second-order valence-electron chi connectivity index (χ2n) is 6.25. The summed E-state index contributed by atoms with van der Waals surface area (Å²) in [4.78, 5) is 22.4. The van der Waals surface area contributed by atoms with Gasteiger partial charge in [-0.3, -0.25) is 9.63 Å². The third kappa shape index (κ3) is 4.21. The Morgan fingerprint density at radius 2 is 1.88 bits per heavy atom. The zero-order chi connectivity index (χ0) is 18.5.